The molecule has 1 heterocycles. The second-order valence-electron chi connectivity index (χ2n) is 4.03. The van der Waals surface area contributed by atoms with E-state index in [1.807, 2.05) is 12.1 Å². The summed E-state index contributed by atoms with van der Waals surface area (Å²) in [6, 6.07) is 7.29. The van der Waals surface area contributed by atoms with E-state index in [2.05, 4.69) is 5.32 Å². The van der Waals surface area contributed by atoms with Gasteiger partial charge in [-0.3, -0.25) is 0 Å². The molecule has 1 aromatic carbocycles. The fraction of sp³-hybridized carbons (Fsp3) is 0.417. The summed E-state index contributed by atoms with van der Waals surface area (Å²) in [5, 5.41) is 21.5. The van der Waals surface area contributed by atoms with E-state index in [4.69, 9.17) is 5.26 Å². The fourth-order valence-corrected chi connectivity index (χ4v) is 2.02. The Balaban J connectivity index is 2.11. The molecule has 1 atom stereocenters. The Kier molecular flexibility index (Phi) is 2.89. The van der Waals surface area contributed by atoms with Crippen LogP contribution in [0, 0.1) is 17.2 Å². The van der Waals surface area contributed by atoms with E-state index in [9.17, 15) is 5.11 Å². The van der Waals surface area contributed by atoms with Gasteiger partial charge in [0.2, 0.25) is 0 Å². The third kappa shape index (κ3) is 2.28. The number of phenols is 1. The smallest absolute Gasteiger partial charge is 0.133 e. The van der Waals surface area contributed by atoms with Crippen molar-refractivity contribution in [1.29, 1.82) is 5.26 Å². The Morgan fingerprint density at radius 3 is 3.07 bits per heavy atom. The van der Waals surface area contributed by atoms with Crippen LogP contribution in [-0.4, -0.2) is 18.2 Å². The van der Waals surface area contributed by atoms with E-state index in [-0.39, 0.29) is 5.75 Å². The van der Waals surface area contributed by atoms with Gasteiger partial charge in [0.25, 0.3) is 0 Å². The Hall–Kier alpha value is -1.53. The van der Waals surface area contributed by atoms with Crippen LogP contribution in [-0.2, 0) is 6.42 Å². The molecule has 2 rings (SSSR count). The third-order valence-corrected chi connectivity index (χ3v) is 2.87. The second-order valence-corrected chi connectivity index (χ2v) is 4.03. The maximum atomic E-state index is 9.36. The lowest BCUT2D eigenvalue weighted by molar-refractivity contribution is 0.473. The van der Waals surface area contributed by atoms with E-state index in [1.54, 1.807) is 12.1 Å². The molecule has 1 aliphatic heterocycles. The highest BCUT2D eigenvalue weighted by Crippen LogP contribution is 2.21. The molecule has 1 aliphatic rings. The van der Waals surface area contributed by atoms with Crippen molar-refractivity contribution in [3.8, 4) is 11.8 Å². The molecular formula is C12H14N2O. The highest BCUT2D eigenvalue weighted by molar-refractivity contribution is 5.44. The van der Waals surface area contributed by atoms with Gasteiger partial charge in [-0.1, -0.05) is 6.07 Å². The largest absolute Gasteiger partial charge is 0.507 e. The van der Waals surface area contributed by atoms with Gasteiger partial charge >= 0.3 is 0 Å². The summed E-state index contributed by atoms with van der Waals surface area (Å²) in [4.78, 5) is 0. The molecule has 78 valence electrons. The molecule has 1 fully saturated rings. The fourth-order valence-electron chi connectivity index (χ4n) is 2.02. The van der Waals surface area contributed by atoms with Crippen LogP contribution in [0.4, 0.5) is 0 Å². The van der Waals surface area contributed by atoms with Crippen LogP contribution in [0.25, 0.3) is 0 Å². The number of nitrogens with one attached hydrogen (secondary N) is 1. The number of nitriles is 1. The Morgan fingerprint density at radius 2 is 2.40 bits per heavy atom. The number of hydrogen-bond donors (Lipinski definition) is 2. The number of hydrogen-bond acceptors (Lipinski definition) is 3. The first-order valence-corrected chi connectivity index (χ1v) is 5.22. The van der Waals surface area contributed by atoms with Gasteiger partial charge in [-0.15, -0.1) is 0 Å². The molecule has 1 unspecified atom stereocenters. The van der Waals surface area contributed by atoms with Gasteiger partial charge in [-0.05, 0) is 49.5 Å². The van der Waals surface area contributed by atoms with Gasteiger partial charge < -0.3 is 10.4 Å². The Bertz CT molecular complexity index is 389. The lowest BCUT2D eigenvalue weighted by Gasteiger charge is -2.08. The summed E-state index contributed by atoms with van der Waals surface area (Å²) in [5.74, 6) is 0.742. The molecule has 0 radical (unpaired) electrons. The summed E-state index contributed by atoms with van der Waals surface area (Å²) < 4.78 is 0. The molecule has 1 saturated heterocycles. The van der Waals surface area contributed by atoms with Crippen LogP contribution < -0.4 is 5.32 Å². The van der Waals surface area contributed by atoms with E-state index < -0.39 is 0 Å². The Labute approximate surface area is 89.4 Å². The van der Waals surface area contributed by atoms with E-state index in [0.717, 1.165) is 25.1 Å². The second kappa shape index (κ2) is 4.33. The van der Waals surface area contributed by atoms with E-state index in [0.29, 0.717) is 11.5 Å². The molecular weight excluding hydrogens is 188 g/mol. The van der Waals surface area contributed by atoms with Crippen LogP contribution in [0.1, 0.15) is 17.5 Å². The summed E-state index contributed by atoms with van der Waals surface area (Å²) in [5.41, 5.74) is 1.51. The van der Waals surface area contributed by atoms with Gasteiger partial charge in [-0.2, -0.15) is 5.26 Å². The zero-order valence-corrected chi connectivity index (χ0v) is 8.53. The first kappa shape index (κ1) is 10.0. The normalized spacial score (nSPS) is 20.1. The topological polar surface area (TPSA) is 56.0 Å². The summed E-state index contributed by atoms with van der Waals surface area (Å²) in [7, 11) is 0. The zero-order valence-electron chi connectivity index (χ0n) is 8.53. The minimum atomic E-state index is 0.0748. The number of rotatable bonds is 2. The zero-order chi connectivity index (χ0) is 10.7. The van der Waals surface area contributed by atoms with E-state index >= 15 is 0 Å². The van der Waals surface area contributed by atoms with Crippen molar-refractivity contribution in [1.82, 2.24) is 5.32 Å². The molecule has 0 aliphatic carbocycles. The molecule has 0 saturated carbocycles. The summed E-state index contributed by atoms with van der Waals surface area (Å²) in [6.45, 7) is 2.15. The molecule has 15 heavy (non-hydrogen) atoms. The molecule has 3 heteroatoms. The van der Waals surface area contributed by atoms with Crippen LogP contribution in [0.3, 0.4) is 0 Å². The van der Waals surface area contributed by atoms with Crippen molar-refractivity contribution >= 4 is 0 Å². The number of benzene rings is 1. The minimum absolute atomic E-state index is 0.0748. The van der Waals surface area contributed by atoms with Gasteiger partial charge in [0, 0.05) is 0 Å². The predicted molar refractivity (Wildman–Crippen MR) is 57.5 cm³/mol. The number of phenolic OH excluding ortho intramolecular Hbond substituents is 1. The predicted octanol–water partition coefficient (Wildman–Crippen LogP) is 1.42. The summed E-state index contributed by atoms with van der Waals surface area (Å²) in [6.07, 6.45) is 2.19. The van der Waals surface area contributed by atoms with Gasteiger partial charge in [0.05, 0.1) is 5.56 Å². The molecule has 3 nitrogen and oxygen atoms in total. The van der Waals surface area contributed by atoms with Crippen LogP contribution in [0.5, 0.6) is 5.75 Å². The average Bonchev–Trinajstić information content (AvgIpc) is 2.73. The maximum Gasteiger partial charge on any atom is 0.133 e. The molecule has 0 spiro atoms. The molecule has 2 N–H and O–H groups in total. The highest BCUT2D eigenvalue weighted by atomic mass is 16.3. The van der Waals surface area contributed by atoms with Crippen LogP contribution >= 0.6 is 0 Å². The van der Waals surface area contributed by atoms with Crippen molar-refractivity contribution in [2.75, 3.05) is 13.1 Å². The quantitative estimate of drug-likeness (QED) is 0.762. The first-order chi connectivity index (χ1) is 7.29. The van der Waals surface area contributed by atoms with Crippen molar-refractivity contribution in [3.63, 3.8) is 0 Å². The maximum absolute atomic E-state index is 9.36. The van der Waals surface area contributed by atoms with Crippen molar-refractivity contribution in [2.45, 2.75) is 12.8 Å². The average molecular weight is 202 g/mol. The lowest BCUT2D eigenvalue weighted by Crippen LogP contribution is -2.10. The van der Waals surface area contributed by atoms with Gasteiger partial charge in [0.1, 0.15) is 11.8 Å². The monoisotopic (exact) mass is 202 g/mol. The molecule has 0 aromatic heterocycles. The van der Waals surface area contributed by atoms with Gasteiger partial charge in [-0.25, -0.2) is 0 Å². The number of nitrogens with zero attached hydrogens (tertiary/aromatic N) is 1. The Morgan fingerprint density at radius 1 is 1.53 bits per heavy atom. The van der Waals surface area contributed by atoms with E-state index in [1.165, 1.54) is 6.42 Å². The SMILES string of the molecule is N#Cc1cc(CC2CCNC2)ccc1O. The summed E-state index contributed by atoms with van der Waals surface area (Å²) >= 11 is 0. The standard InChI is InChI=1S/C12H14N2O/c13-7-11-6-9(1-2-12(11)15)5-10-3-4-14-8-10/h1-2,6,10,14-15H,3-5,8H2. The van der Waals surface area contributed by atoms with Crippen LogP contribution in [0.15, 0.2) is 18.2 Å². The van der Waals surface area contributed by atoms with Crippen LogP contribution in [0.2, 0.25) is 0 Å². The van der Waals surface area contributed by atoms with Crippen molar-refractivity contribution in [3.05, 3.63) is 29.3 Å². The van der Waals surface area contributed by atoms with Gasteiger partial charge in [0.15, 0.2) is 0 Å². The lowest BCUT2D eigenvalue weighted by atomic mass is 9.97. The molecule has 0 bridgehead atoms. The third-order valence-electron chi connectivity index (χ3n) is 2.87. The molecule has 1 aromatic rings. The van der Waals surface area contributed by atoms with Crippen molar-refractivity contribution < 1.29 is 5.11 Å². The minimum Gasteiger partial charge on any atom is -0.507 e. The molecule has 0 amide bonds. The number of aromatic hydroxyl groups is 1. The van der Waals surface area contributed by atoms with Crippen molar-refractivity contribution in [2.24, 2.45) is 5.92 Å². The first-order valence-electron chi connectivity index (χ1n) is 5.22. The highest BCUT2D eigenvalue weighted by Gasteiger charge is 2.15.